The molecule has 1 heterocycles. The number of carbonyl (C=O) groups excluding carboxylic acids is 1. The molecule has 0 radical (unpaired) electrons. The first-order valence-electron chi connectivity index (χ1n) is 7.58. The van der Waals surface area contributed by atoms with Crippen LogP contribution in [-0.2, 0) is 26.1 Å². The fraction of sp³-hybridized carbons (Fsp3) is 0.600. The molecule has 0 bridgehead atoms. The maximum absolute atomic E-state index is 12.1. The van der Waals surface area contributed by atoms with E-state index in [0.29, 0.717) is 0 Å². The number of furan rings is 1. The molecule has 9 nitrogen and oxygen atoms in total. The molecule has 3 N–H and O–H groups in total. The second kappa shape index (κ2) is 8.45. The lowest BCUT2D eigenvalue weighted by Crippen LogP contribution is -2.41. The van der Waals surface area contributed by atoms with E-state index in [-0.39, 0.29) is 31.1 Å². The number of sulfonamides is 1. The van der Waals surface area contributed by atoms with Crippen molar-refractivity contribution in [2.24, 2.45) is 0 Å². The average Bonchev–Trinajstić information content (AvgIpc) is 2.90. The second-order valence-electron chi connectivity index (χ2n) is 6.47. The molecule has 10 heteroatoms. The molecule has 0 saturated carbocycles. The minimum atomic E-state index is -3.39. The predicted molar refractivity (Wildman–Crippen MR) is 89.6 cm³/mol. The monoisotopic (exact) mass is 376 g/mol. The van der Waals surface area contributed by atoms with Crippen molar-refractivity contribution in [1.29, 1.82) is 0 Å². The van der Waals surface area contributed by atoms with Gasteiger partial charge in [0.2, 0.25) is 10.0 Å². The van der Waals surface area contributed by atoms with E-state index in [9.17, 15) is 23.1 Å². The van der Waals surface area contributed by atoms with Gasteiger partial charge in [0.25, 0.3) is 5.91 Å². The lowest BCUT2D eigenvalue weighted by molar-refractivity contribution is -0.140. The van der Waals surface area contributed by atoms with Gasteiger partial charge in [0.1, 0.15) is 11.8 Å². The Labute approximate surface area is 146 Å². The zero-order chi connectivity index (χ0) is 19.3. The summed E-state index contributed by atoms with van der Waals surface area (Å²) >= 11 is 0. The van der Waals surface area contributed by atoms with E-state index < -0.39 is 33.5 Å². The van der Waals surface area contributed by atoms with Crippen LogP contribution in [0.15, 0.2) is 16.5 Å². The Kier molecular flexibility index (Phi) is 7.15. The fourth-order valence-electron chi connectivity index (χ4n) is 1.77. The standard InChI is InChI=1S/C15H24N2O7S/c1-15(2,3)23-8-7-11(14(19)20)17-13(18)12-6-5-10(24-12)9-16-25(4,21)22/h5-6,11,16H,7-9H2,1-4H3,(H,17,18)(H,19,20). The number of amides is 1. The summed E-state index contributed by atoms with van der Waals surface area (Å²) in [7, 11) is -3.39. The van der Waals surface area contributed by atoms with Gasteiger partial charge in [-0.1, -0.05) is 0 Å². The Bertz CT molecular complexity index is 704. The van der Waals surface area contributed by atoms with Crippen molar-refractivity contribution in [3.8, 4) is 0 Å². The van der Waals surface area contributed by atoms with Gasteiger partial charge >= 0.3 is 5.97 Å². The Morgan fingerprint density at radius 1 is 1.32 bits per heavy atom. The van der Waals surface area contributed by atoms with Crippen LogP contribution in [0.5, 0.6) is 0 Å². The van der Waals surface area contributed by atoms with Gasteiger partial charge in [-0.2, -0.15) is 0 Å². The second-order valence-corrected chi connectivity index (χ2v) is 8.31. The number of rotatable bonds is 9. The third-order valence-corrected chi connectivity index (χ3v) is 3.61. The summed E-state index contributed by atoms with van der Waals surface area (Å²) < 4.78 is 35.0. The molecular formula is C15H24N2O7S. The number of ether oxygens (including phenoxy) is 1. The molecule has 142 valence electrons. The van der Waals surface area contributed by atoms with Crippen LogP contribution >= 0.6 is 0 Å². The van der Waals surface area contributed by atoms with Crippen molar-refractivity contribution in [3.63, 3.8) is 0 Å². The molecule has 0 aromatic carbocycles. The zero-order valence-corrected chi connectivity index (χ0v) is 15.5. The number of carboxylic acids is 1. The first-order chi connectivity index (χ1) is 11.4. The lowest BCUT2D eigenvalue weighted by atomic mass is 10.1. The van der Waals surface area contributed by atoms with Crippen molar-refractivity contribution < 1.29 is 32.3 Å². The van der Waals surface area contributed by atoms with Crippen molar-refractivity contribution in [3.05, 3.63) is 23.7 Å². The van der Waals surface area contributed by atoms with Crippen LogP contribution < -0.4 is 10.0 Å². The maximum atomic E-state index is 12.1. The van der Waals surface area contributed by atoms with E-state index in [4.69, 9.17) is 9.15 Å². The average molecular weight is 376 g/mol. The Balaban J connectivity index is 2.62. The summed E-state index contributed by atoms with van der Waals surface area (Å²) in [5.41, 5.74) is -0.407. The van der Waals surface area contributed by atoms with Crippen molar-refractivity contribution in [1.82, 2.24) is 10.0 Å². The topological polar surface area (TPSA) is 135 Å². The van der Waals surface area contributed by atoms with Crippen LogP contribution in [0.2, 0.25) is 0 Å². The first-order valence-corrected chi connectivity index (χ1v) is 9.47. The van der Waals surface area contributed by atoms with Crippen LogP contribution in [0.25, 0.3) is 0 Å². The van der Waals surface area contributed by atoms with Gasteiger partial charge in [-0.15, -0.1) is 0 Å². The van der Waals surface area contributed by atoms with Crippen LogP contribution in [0.4, 0.5) is 0 Å². The molecule has 1 rings (SSSR count). The third-order valence-electron chi connectivity index (χ3n) is 2.94. The molecule has 0 saturated heterocycles. The highest BCUT2D eigenvalue weighted by atomic mass is 32.2. The first kappa shape index (κ1) is 21.1. The number of carboxylic acid groups (broad SMARTS) is 1. The molecular weight excluding hydrogens is 352 g/mol. The Hall–Kier alpha value is -1.91. The maximum Gasteiger partial charge on any atom is 0.326 e. The number of hydrogen-bond acceptors (Lipinski definition) is 6. The number of carbonyl (C=O) groups is 2. The summed E-state index contributed by atoms with van der Waals surface area (Å²) in [5, 5.41) is 11.6. The molecule has 0 fully saturated rings. The SMILES string of the molecule is CC(C)(C)OCCC(NC(=O)c1ccc(CNS(C)(=O)=O)o1)C(=O)O. The van der Waals surface area contributed by atoms with Gasteiger partial charge in [-0.25, -0.2) is 17.9 Å². The number of hydrogen-bond donors (Lipinski definition) is 3. The summed E-state index contributed by atoms with van der Waals surface area (Å²) in [6, 6.07) is 1.66. The van der Waals surface area contributed by atoms with Crippen molar-refractivity contribution in [2.75, 3.05) is 12.9 Å². The van der Waals surface area contributed by atoms with Gasteiger partial charge < -0.3 is 19.6 Å². The highest BCUT2D eigenvalue weighted by Crippen LogP contribution is 2.10. The molecule has 1 atom stereocenters. The molecule has 1 amide bonds. The summed E-state index contributed by atoms with van der Waals surface area (Å²) in [4.78, 5) is 23.3. The number of aliphatic carboxylic acids is 1. The molecule has 0 aliphatic heterocycles. The highest BCUT2D eigenvalue weighted by Gasteiger charge is 2.23. The van der Waals surface area contributed by atoms with E-state index in [2.05, 4.69) is 10.0 Å². The molecule has 0 spiro atoms. The Morgan fingerprint density at radius 2 is 1.96 bits per heavy atom. The van der Waals surface area contributed by atoms with Crippen LogP contribution in [0.1, 0.15) is 43.5 Å². The quantitative estimate of drug-likeness (QED) is 0.578. The van der Waals surface area contributed by atoms with Gasteiger partial charge in [0.15, 0.2) is 5.76 Å². The largest absolute Gasteiger partial charge is 0.480 e. The third kappa shape index (κ3) is 8.66. The normalized spacial score (nSPS) is 13.4. The van der Waals surface area contributed by atoms with Crippen LogP contribution in [0, 0.1) is 0 Å². The fourth-order valence-corrected chi connectivity index (χ4v) is 2.17. The van der Waals surface area contributed by atoms with E-state index in [1.807, 2.05) is 20.8 Å². The van der Waals surface area contributed by atoms with Gasteiger partial charge in [0, 0.05) is 13.0 Å². The molecule has 1 unspecified atom stereocenters. The van der Waals surface area contributed by atoms with Crippen LogP contribution in [-0.4, -0.2) is 49.9 Å². The van der Waals surface area contributed by atoms with Crippen LogP contribution in [0.3, 0.4) is 0 Å². The molecule has 1 aromatic rings. The van der Waals surface area contributed by atoms with E-state index in [0.717, 1.165) is 6.26 Å². The van der Waals surface area contributed by atoms with E-state index in [1.54, 1.807) is 0 Å². The van der Waals surface area contributed by atoms with Gasteiger partial charge in [-0.05, 0) is 32.9 Å². The van der Waals surface area contributed by atoms with Crippen molar-refractivity contribution in [2.45, 2.75) is 45.4 Å². The zero-order valence-electron chi connectivity index (χ0n) is 14.7. The Morgan fingerprint density at radius 3 is 2.48 bits per heavy atom. The molecule has 1 aromatic heterocycles. The number of nitrogens with one attached hydrogen (secondary N) is 2. The summed E-state index contributed by atoms with van der Waals surface area (Å²) in [6.07, 6.45) is 1.10. The van der Waals surface area contributed by atoms with E-state index in [1.165, 1.54) is 12.1 Å². The van der Waals surface area contributed by atoms with Gasteiger partial charge in [-0.3, -0.25) is 4.79 Å². The molecule has 25 heavy (non-hydrogen) atoms. The van der Waals surface area contributed by atoms with Gasteiger partial charge in [0.05, 0.1) is 18.4 Å². The van der Waals surface area contributed by atoms with E-state index >= 15 is 0 Å². The minimum Gasteiger partial charge on any atom is -0.480 e. The smallest absolute Gasteiger partial charge is 0.326 e. The predicted octanol–water partition coefficient (Wildman–Crippen LogP) is 0.717. The lowest BCUT2D eigenvalue weighted by Gasteiger charge is -2.21. The summed E-state index contributed by atoms with van der Waals surface area (Å²) in [6.45, 7) is 5.60. The highest BCUT2D eigenvalue weighted by molar-refractivity contribution is 7.88. The molecule has 0 aliphatic rings. The summed E-state index contributed by atoms with van der Waals surface area (Å²) in [5.74, 6) is -1.75. The van der Waals surface area contributed by atoms with Crippen molar-refractivity contribution >= 4 is 21.9 Å². The molecule has 0 aliphatic carbocycles. The minimum absolute atomic E-state index is 0.0988.